The van der Waals surface area contributed by atoms with Crippen LogP contribution in [0.5, 0.6) is 5.75 Å². The number of nitrogens with zero attached hydrogens (tertiary/aromatic N) is 1. The third-order valence-corrected chi connectivity index (χ3v) is 8.65. The van der Waals surface area contributed by atoms with E-state index in [1.54, 1.807) is 0 Å². The van der Waals surface area contributed by atoms with Crippen LogP contribution in [0.2, 0.25) is 0 Å². The van der Waals surface area contributed by atoms with E-state index in [0.717, 1.165) is 37.3 Å². The molecule has 2 heterocycles. The van der Waals surface area contributed by atoms with Gasteiger partial charge in [-0.15, -0.1) is 0 Å². The molecule has 2 fully saturated rings. The van der Waals surface area contributed by atoms with E-state index >= 15 is 13.2 Å². The van der Waals surface area contributed by atoms with Gasteiger partial charge in [0.2, 0.25) is 5.92 Å². The van der Waals surface area contributed by atoms with Crippen molar-refractivity contribution in [3.8, 4) is 5.75 Å². The molecule has 2 aliphatic heterocycles. The van der Waals surface area contributed by atoms with Crippen molar-refractivity contribution >= 4 is 0 Å². The number of aliphatic hydroxyl groups is 1. The van der Waals surface area contributed by atoms with Crippen LogP contribution in [0.1, 0.15) is 60.6 Å². The summed E-state index contributed by atoms with van der Waals surface area (Å²) in [4.78, 5) is 1.53. The Morgan fingerprint density at radius 3 is 1.98 bits per heavy atom. The fraction of sp³-hybridized carbons (Fsp3) is 0.400. The van der Waals surface area contributed by atoms with E-state index in [9.17, 15) is 22.7 Å². The van der Waals surface area contributed by atoms with Crippen LogP contribution in [0.4, 0.5) is 30.7 Å². The SMILES string of the molecule is CC(F)(F)C1CCN(C(O)c2cc3c(cc2F)OC(c2ccc(F)cc2F)(c2ccc(F)cc2F)C2CC32)CC1. The fourth-order valence-corrected chi connectivity index (χ4v) is 6.49. The Bertz CT molecular complexity index is 1410. The number of fused-ring (bicyclic) bond motifs is 3. The number of rotatable bonds is 5. The number of ether oxygens (including phenoxy) is 1. The van der Waals surface area contributed by atoms with Gasteiger partial charge in [0.1, 0.15) is 41.1 Å². The molecule has 1 aliphatic carbocycles. The Balaban J connectivity index is 1.39. The molecule has 0 radical (unpaired) electrons. The molecule has 3 nitrogen and oxygen atoms in total. The summed E-state index contributed by atoms with van der Waals surface area (Å²) < 4.78 is 107. The third-order valence-electron chi connectivity index (χ3n) is 8.65. The van der Waals surface area contributed by atoms with E-state index < -0.39 is 58.7 Å². The fourth-order valence-electron chi connectivity index (χ4n) is 6.49. The summed E-state index contributed by atoms with van der Waals surface area (Å²) in [6.07, 6.45) is -0.713. The predicted molar refractivity (Wildman–Crippen MR) is 131 cm³/mol. The lowest BCUT2D eigenvalue weighted by Crippen LogP contribution is -2.42. The number of aliphatic hydroxyl groups excluding tert-OH is 1. The molecule has 3 aromatic rings. The molecule has 40 heavy (non-hydrogen) atoms. The van der Waals surface area contributed by atoms with Crippen LogP contribution in [0.15, 0.2) is 48.5 Å². The van der Waals surface area contributed by atoms with Crippen LogP contribution >= 0.6 is 0 Å². The molecular formula is C30H26F7NO2. The van der Waals surface area contributed by atoms with Crippen LogP contribution < -0.4 is 4.74 Å². The molecular weight excluding hydrogens is 539 g/mol. The van der Waals surface area contributed by atoms with Crippen LogP contribution in [0, 0.1) is 40.9 Å². The van der Waals surface area contributed by atoms with Gasteiger partial charge in [-0.05, 0) is 68.0 Å². The Kier molecular flexibility index (Phi) is 6.42. The van der Waals surface area contributed by atoms with E-state index in [1.807, 2.05) is 0 Å². The maximum Gasteiger partial charge on any atom is 0.248 e. The molecule has 1 N–H and O–H groups in total. The van der Waals surface area contributed by atoms with Crippen molar-refractivity contribution in [1.82, 2.24) is 4.90 Å². The molecule has 0 spiro atoms. The first kappa shape index (κ1) is 27.1. The molecule has 1 saturated heterocycles. The minimum Gasteiger partial charge on any atom is -0.477 e. The highest BCUT2D eigenvalue weighted by molar-refractivity contribution is 5.54. The minimum absolute atomic E-state index is 0.0102. The molecule has 3 aromatic carbocycles. The maximum absolute atomic E-state index is 15.5. The normalized spacial score (nSPS) is 23.2. The average molecular weight is 566 g/mol. The highest BCUT2D eigenvalue weighted by atomic mass is 19.3. The molecule has 212 valence electrons. The summed E-state index contributed by atoms with van der Waals surface area (Å²) in [5.74, 6) is -9.12. The summed E-state index contributed by atoms with van der Waals surface area (Å²) >= 11 is 0. The largest absolute Gasteiger partial charge is 0.477 e. The van der Waals surface area contributed by atoms with Crippen molar-refractivity contribution in [2.45, 2.75) is 49.9 Å². The second kappa shape index (κ2) is 9.48. The summed E-state index contributed by atoms with van der Waals surface area (Å²) in [7, 11) is 0. The lowest BCUT2D eigenvalue weighted by molar-refractivity contribution is -0.0872. The van der Waals surface area contributed by atoms with Crippen LogP contribution in [0.3, 0.4) is 0 Å². The Hall–Kier alpha value is -3.11. The second-order valence-electron chi connectivity index (χ2n) is 11.1. The number of hydrogen-bond donors (Lipinski definition) is 1. The molecule has 10 heteroatoms. The van der Waals surface area contributed by atoms with Crippen LogP contribution in [-0.2, 0) is 5.60 Å². The summed E-state index contributed by atoms with van der Waals surface area (Å²) in [5, 5.41) is 11.0. The summed E-state index contributed by atoms with van der Waals surface area (Å²) in [6.45, 7) is 1.19. The topological polar surface area (TPSA) is 32.7 Å². The lowest BCUT2D eigenvalue weighted by atomic mass is 9.78. The van der Waals surface area contributed by atoms with Crippen molar-refractivity contribution in [2.24, 2.45) is 11.8 Å². The highest BCUT2D eigenvalue weighted by Gasteiger charge is 2.62. The molecule has 0 bridgehead atoms. The quantitative estimate of drug-likeness (QED) is 0.333. The van der Waals surface area contributed by atoms with Crippen molar-refractivity contribution < 1.29 is 40.6 Å². The zero-order valence-electron chi connectivity index (χ0n) is 21.4. The van der Waals surface area contributed by atoms with E-state index in [2.05, 4.69) is 0 Å². The van der Waals surface area contributed by atoms with Gasteiger partial charge in [0.25, 0.3) is 0 Å². The minimum atomic E-state index is -2.84. The van der Waals surface area contributed by atoms with Gasteiger partial charge < -0.3 is 9.84 Å². The molecule has 0 amide bonds. The maximum atomic E-state index is 15.5. The van der Waals surface area contributed by atoms with Crippen molar-refractivity contribution in [1.29, 1.82) is 0 Å². The van der Waals surface area contributed by atoms with Gasteiger partial charge in [-0.3, -0.25) is 4.90 Å². The van der Waals surface area contributed by atoms with Crippen molar-refractivity contribution in [2.75, 3.05) is 13.1 Å². The third kappa shape index (κ3) is 4.36. The summed E-state index contributed by atoms with van der Waals surface area (Å²) in [6, 6.07) is 8.08. The smallest absolute Gasteiger partial charge is 0.248 e. The zero-order chi connectivity index (χ0) is 28.6. The number of hydrogen-bond acceptors (Lipinski definition) is 3. The van der Waals surface area contributed by atoms with Gasteiger partial charge >= 0.3 is 0 Å². The number of benzene rings is 3. The Morgan fingerprint density at radius 2 is 1.45 bits per heavy atom. The average Bonchev–Trinajstić information content (AvgIpc) is 3.69. The standard InChI is InChI=1S/C30H26F7NO2/c1-29(36,37)15-6-8-38(9-7-15)28(39)20-12-19-18-13-23(18)30(40-27(19)14-24(20)33,21-4-2-16(31)10-25(21)34)22-5-3-17(32)11-26(22)35/h2-5,10-12,14-15,18,23,28,39H,6-9,13H2,1H3. The molecule has 0 aromatic heterocycles. The first-order chi connectivity index (χ1) is 18.9. The number of likely N-dealkylation sites (tertiary alicyclic amines) is 1. The van der Waals surface area contributed by atoms with Gasteiger partial charge in [0.05, 0.1) is 0 Å². The van der Waals surface area contributed by atoms with Gasteiger partial charge in [0, 0.05) is 59.8 Å². The molecule has 3 aliphatic rings. The number of alkyl halides is 2. The van der Waals surface area contributed by atoms with Gasteiger partial charge in [-0.1, -0.05) is 0 Å². The molecule has 3 unspecified atom stereocenters. The van der Waals surface area contributed by atoms with E-state index in [-0.39, 0.29) is 54.3 Å². The van der Waals surface area contributed by atoms with E-state index in [4.69, 9.17) is 4.74 Å². The summed E-state index contributed by atoms with van der Waals surface area (Å²) in [5.41, 5.74) is -1.69. The number of piperidine rings is 1. The first-order valence-electron chi connectivity index (χ1n) is 13.1. The number of halogens is 7. The van der Waals surface area contributed by atoms with Gasteiger partial charge in [0.15, 0.2) is 5.60 Å². The van der Waals surface area contributed by atoms with E-state index in [1.165, 1.54) is 11.0 Å². The van der Waals surface area contributed by atoms with Gasteiger partial charge in [-0.2, -0.15) is 0 Å². The monoisotopic (exact) mass is 565 g/mol. The molecule has 1 saturated carbocycles. The highest BCUT2D eigenvalue weighted by Crippen LogP contribution is 2.66. The molecule has 6 rings (SSSR count). The van der Waals surface area contributed by atoms with Gasteiger partial charge in [-0.25, -0.2) is 30.7 Å². The van der Waals surface area contributed by atoms with Crippen LogP contribution in [-0.4, -0.2) is 29.0 Å². The zero-order valence-corrected chi connectivity index (χ0v) is 21.4. The second-order valence-corrected chi connectivity index (χ2v) is 11.1. The molecule has 3 atom stereocenters. The predicted octanol–water partition coefficient (Wildman–Crippen LogP) is 7.18. The lowest BCUT2D eigenvalue weighted by Gasteiger charge is -2.41. The van der Waals surface area contributed by atoms with Crippen molar-refractivity contribution in [3.63, 3.8) is 0 Å². The van der Waals surface area contributed by atoms with Crippen molar-refractivity contribution in [3.05, 3.63) is 99.9 Å². The van der Waals surface area contributed by atoms with E-state index in [0.29, 0.717) is 24.1 Å². The Morgan fingerprint density at radius 1 is 0.875 bits per heavy atom. The van der Waals surface area contributed by atoms with Crippen LogP contribution in [0.25, 0.3) is 0 Å². The Labute approximate surface area is 226 Å². The first-order valence-corrected chi connectivity index (χ1v) is 13.1.